The molecule has 0 spiro atoms. The molecule has 0 atom stereocenters. The van der Waals surface area contributed by atoms with Crippen molar-refractivity contribution in [1.82, 2.24) is 10.3 Å². The fraction of sp³-hybridized carbons (Fsp3) is 0.333. The third kappa shape index (κ3) is 1.16. The van der Waals surface area contributed by atoms with E-state index in [9.17, 15) is 4.79 Å². The van der Waals surface area contributed by atoms with Crippen molar-refractivity contribution in [2.24, 2.45) is 0 Å². The summed E-state index contributed by atoms with van der Waals surface area (Å²) >= 11 is 1.35. The highest BCUT2D eigenvalue weighted by atomic mass is 32.1. The van der Waals surface area contributed by atoms with E-state index >= 15 is 0 Å². The largest absolute Gasteiger partial charge is 0.354 e. The average molecular weight is 155 g/mol. The Kier molecular flexibility index (Phi) is 2.01. The molecule has 4 heteroatoms. The molecule has 1 rings (SSSR count). The molecule has 0 aliphatic heterocycles. The number of aryl methyl sites for hydroxylation is 1. The van der Waals surface area contributed by atoms with Gasteiger partial charge in [0.05, 0.1) is 0 Å². The van der Waals surface area contributed by atoms with E-state index in [2.05, 4.69) is 15.8 Å². The van der Waals surface area contributed by atoms with Crippen molar-refractivity contribution in [3.05, 3.63) is 16.1 Å². The number of hydrogen-bond acceptors (Lipinski definition) is 3. The van der Waals surface area contributed by atoms with Crippen molar-refractivity contribution in [2.75, 3.05) is 7.05 Å². The molecule has 0 aliphatic rings. The average Bonchev–Trinajstić information content (AvgIpc) is 2.34. The maximum Gasteiger partial charge on any atom is 0.270 e. The minimum Gasteiger partial charge on any atom is -0.354 e. The first kappa shape index (κ1) is 7.21. The van der Waals surface area contributed by atoms with Crippen molar-refractivity contribution in [3.8, 4) is 0 Å². The number of rotatable bonds is 1. The molecule has 1 heterocycles. The van der Waals surface area contributed by atoms with Crippen LogP contribution in [0.5, 0.6) is 0 Å². The van der Waals surface area contributed by atoms with Crippen molar-refractivity contribution in [1.29, 1.82) is 0 Å². The van der Waals surface area contributed by atoms with Gasteiger partial charge in [-0.1, -0.05) is 0 Å². The summed E-state index contributed by atoms with van der Waals surface area (Å²) in [5.41, 5.74) is 3.12. The number of carbonyl (C=O) groups excluding carboxylic acids is 1. The zero-order chi connectivity index (χ0) is 7.56. The quantitative estimate of drug-likeness (QED) is 0.645. The number of carbonyl (C=O) groups is 1. The highest BCUT2D eigenvalue weighted by molar-refractivity contribution is 7.09. The molecule has 0 bridgehead atoms. The highest BCUT2D eigenvalue weighted by Crippen LogP contribution is 2.09. The zero-order valence-electron chi connectivity index (χ0n) is 5.76. The first-order chi connectivity index (χ1) is 4.75. The van der Waals surface area contributed by atoms with Gasteiger partial charge in [0.25, 0.3) is 5.91 Å². The molecule has 1 amide bonds. The number of amides is 1. The molecule has 1 N–H and O–H groups in total. The third-order valence-corrected chi connectivity index (χ3v) is 1.81. The fourth-order valence-corrected chi connectivity index (χ4v) is 1.10. The van der Waals surface area contributed by atoms with E-state index in [4.69, 9.17) is 0 Å². The summed E-state index contributed by atoms with van der Waals surface area (Å²) in [4.78, 5) is 15.6. The van der Waals surface area contributed by atoms with Gasteiger partial charge in [-0.05, 0) is 6.92 Å². The first-order valence-electron chi connectivity index (χ1n) is 2.81. The molecule has 0 fully saturated rings. The second-order valence-corrected chi connectivity index (χ2v) is 2.79. The number of nitrogens with one attached hydrogen (secondary N) is 1. The molecule has 1 aromatic rings. The van der Waals surface area contributed by atoms with Crippen LogP contribution < -0.4 is 5.32 Å². The van der Waals surface area contributed by atoms with Crippen LogP contribution in [0.4, 0.5) is 0 Å². The van der Waals surface area contributed by atoms with E-state index in [1.165, 1.54) is 11.3 Å². The van der Waals surface area contributed by atoms with Gasteiger partial charge in [0.15, 0.2) is 5.51 Å². The maximum absolute atomic E-state index is 10.9. The molecular formula is C6H7N2OS. The fourth-order valence-electron chi connectivity index (χ4n) is 0.593. The maximum atomic E-state index is 10.9. The third-order valence-electron chi connectivity index (χ3n) is 1.13. The smallest absolute Gasteiger partial charge is 0.270 e. The molecule has 10 heavy (non-hydrogen) atoms. The lowest BCUT2D eigenvalue weighted by Crippen LogP contribution is -2.18. The standard InChI is InChI=1S/C6H7N2OS/c1-4-5(6(9)7-2)8-3-10-4/h1-2H3,(H,7,9). The Bertz CT molecular complexity index is 244. The van der Waals surface area contributed by atoms with E-state index in [1.54, 1.807) is 7.05 Å². The number of hydrogen-bond donors (Lipinski definition) is 1. The molecule has 1 aromatic heterocycles. The van der Waals surface area contributed by atoms with Crippen molar-refractivity contribution in [3.63, 3.8) is 0 Å². The minimum absolute atomic E-state index is 0.144. The van der Waals surface area contributed by atoms with Crippen LogP contribution in [0.25, 0.3) is 0 Å². The lowest BCUT2D eigenvalue weighted by atomic mass is 10.4. The summed E-state index contributed by atoms with van der Waals surface area (Å²) in [7, 11) is 1.58. The van der Waals surface area contributed by atoms with E-state index in [0.29, 0.717) is 5.69 Å². The van der Waals surface area contributed by atoms with Crippen LogP contribution in [-0.4, -0.2) is 17.9 Å². The SMILES string of the molecule is CNC(=O)c1n[c]sc1C. The lowest BCUT2D eigenvalue weighted by molar-refractivity contribution is 0.0958. The van der Waals surface area contributed by atoms with Crippen LogP contribution in [0.3, 0.4) is 0 Å². The molecule has 3 nitrogen and oxygen atoms in total. The Morgan fingerprint density at radius 3 is 2.90 bits per heavy atom. The molecule has 0 aliphatic carbocycles. The minimum atomic E-state index is -0.144. The van der Waals surface area contributed by atoms with Crippen LogP contribution in [-0.2, 0) is 0 Å². The number of nitrogens with zero attached hydrogens (tertiary/aromatic N) is 1. The second-order valence-electron chi connectivity index (χ2n) is 1.79. The Balaban J connectivity index is 2.93. The van der Waals surface area contributed by atoms with Crippen LogP contribution in [0, 0.1) is 12.4 Å². The van der Waals surface area contributed by atoms with Crippen molar-refractivity contribution in [2.45, 2.75) is 6.92 Å². The summed E-state index contributed by atoms with van der Waals surface area (Å²) in [5.74, 6) is -0.144. The Morgan fingerprint density at radius 1 is 1.80 bits per heavy atom. The zero-order valence-corrected chi connectivity index (χ0v) is 6.58. The van der Waals surface area contributed by atoms with Gasteiger partial charge in [-0.2, -0.15) is 0 Å². The van der Waals surface area contributed by atoms with Gasteiger partial charge in [0.1, 0.15) is 5.69 Å². The number of thiazole rings is 1. The molecule has 0 saturated carbocycles. The van der Waals surface area contributed by atoms with Crippen LogP contribution in [0.15, 0.2) is 0 Å². The summed E-state index contributed by atoms with van der Waals surface area (Å²) in [6.07, 6.45) is 0. The normalized spacial score (nSPS) is 9.40. The summed E-state index contributed by atoms with van der Waals surface area (Å²) < 4.78 is 0. The highest BCUT2D eigenvalue weighted by Gasteiger charge is 2.08. The van der Waals surface area contributed by atoms with E-state index in [-0.39, 0.29) is 5.91 Å². The Hall–Kier alpha value is -0.900. The topological polar surface area (TPSA) is 42.0 Å². The lowest BCUT2D eigenvalue weighted by Gasteiger charge is -1.93. The summed E-state index contributed by atoms with van der Waals surface area (Å²) in [5, 5.41) is 2.49. The second kappa shape index (κ2) is 2.79. The Labute approximate surface area is 63.1 Å². The van der Waals surface area contributed by atoms with Gasteiger partial charge in [0.2, 0.25) is 0 Å². The molecule has 53 valence electrons. The van der Waals surface area contributed by atoms with E-state index in [0.717, 1.165) is 4.88 Å². The first-order valence-corrected chi connectivity index (χ1v) is 3.63. The van der Waals surface area contributed by atoms with Crippen LogP contribution in [0.2, 0.25) is 0 Å². The van der Waals surface area contributed by atoms with Crippen molar-refractivity contribution < 1.29 is 4.79 Å². The van der Waals surface area contributed by atoms with E-state index in [1.807, 2.05) is 6.92 Å². The molecule has 1 radical (unpaired) electrons. The summed E-state index contributed by atoms with van der Waals surface area (Å²) in [6.45, 7) is 1.85. The van der Waals surface area contributed by atoms with Gasteiger partial charge in [-0.3, -0.25) is 4.79 Å². The monoisotopic (exact) mass is 155 g/mol. The molecule has 0 aromatic carbocycles. The van der Waals surface area contributed by atoms with Gasteiger partial charge < -0.3 is 5.32 Å². The van der Waals surface area contributed by atoms with Gasteiger partial charge in [-0.15, -0.1) is 11.3 Å². The molecule has 0 saturated heterocycles. The van der Waals surface area contributed by atoms with Gasteiger partial charge in [-0.25, -0.2) is 4.98 Å². The number of aromatic nitrogens is 1. The van der Waals surface area contributed by atoms with Crippen molar-refractivity contribution >= 4 is 17.2 Å². The predicted molar refractivity (Wildman–Crippen MR) is 39.1 cm³/mol. The summed E-state index contributed by atoms with van der Waals surface area (Å²) in [6, 6.07) is 0. The predicted octanol–water partition coefficient (Wildman–Crippen LogP) is 0.611. The molecule has 0 unspecified atom stereocenters. The van der Waals surface area contributed by atoms with Crippen LogP contribution in [0.1, 0.15) is 15.4 Å². The van der Waals surface area contributed by atoms with E-state index < -0.39 is 0 Å². The van der Waals surface area contributed by atoms with Crippen LogP contribution >= 0.6 is 11.3 Å². The van der Waals surface area contributed by atoms with Gasteiger partial charge in [0, 0.05) is 11.9 Å². The molecular weight excluding hydrogens is 148 g/mol. The Morgan fingerprint density at radius 2 is 2.50 bits per heavy atom. The van der Waals surface area contributed by atoms with Gasteiger partial charge >= 0.3 is 0 Å².